The minimum Gasteiger partial charge on any atom is -0.311 e. The van der Waals surface area contributed by atoms with E-state index in [-0.39, 0.29) is 11.9 Å². The molecule has 1 N–H and O–H groups in total. The largest absolute Gasteiger partial charge is 0.311 e. The van der Waals surface area contributed by atoms with Crippen molar-refractivity contribution in [3.8, 4) is 0 Å². The van der Waals surface area contributed by atoms with Crippen LogP contribution in [-0.4, -0.2) is 25.0 Å². The van der Waals surface area contributed by atoms with E-state index in [0.717, 1.165) is 44.5 Å². The Morgan fingerprint density at radius 1 is 1.21 bits per heavy atom. The van der Waals surface area contributed by atoms with Gasteiger partial charge in [-0.3, -0.25) is 4.79 Å². The van der Waals surface area contributed by atoms with E-state index in [0.29, 0.717) is 0 Å². The summed E-state index contributed by atoms with van der Waals surface area (Å²) < 4.78 is 0. The highest BCUT2D eigenvalue weighted by Gasteiger charge is 2.31. The Labute approximate surface area is 116 Å². The van der Waals surface area contributed by atoms with Gasteiger partial charge in [-0.05, 0) is 43.5 Å². The molecule has 1 fully saturated rings. The van der Waals surface area contributed by atoms with Gasteiger partial charge in [-0.2, -0.15) is 0 Å². The second-order valence-corrected chi connectivity index (χ2v) is 5.20. The van der Waals surface area contributed by atoms with Gasteiger partial charge in [0, 0.05) is 12.2 Å². The molecule has 1 atom stereocenters. The number of aryl methyl sites for hydroxylation is 1. The molecule has 0 radical (unpaired) electrons. The Bertz CT molecular complexity index is 413. The van der Waals surface area contributed by atoms with Crippen molar-refractivity contribution in [1.82, 2.24) is 5.32 Å². The number of amides is 1. The van der Waals surface area contributed by atoms with E-state index in [1.165, 1.54) is 5.56 Å². The van der Waals surface area contributed by atoms with E-state index in [2.05, 4.69) is 43.4 Å². The fourth-order valence-corrected chi connectivity index (χ4v) is 2.58. The summed E-state index contributed by atoms with van der Waals surface area (Å²) in [6.45, 7) is 6.05. The SMILES string of the molecule is CCCNC1CCN(c2ccc(CCC)cc2)C1=O. The third-order valence-corrected chi connectivity index (χ3v) is 3.63. The van der Waals surface area contributed by atoms with Crippen molar-refractivity contribution >= 4 is 11.6 Å². The van der Waals surface area contributed by atoms with Crippen LogP contribution in [0.4, 0.5) is 5.69 Å². The second-order valence-electron chi connectivity index (χ2n) is 5.20. The molecule has 0 bridgehead atoms. The zero-order valence-corrected chi connectivity index (χ0v) is 12.0. The fraction of sp³-hybridized carbons (Fsp3) is 0.562. The summed E-state index contributed by atoms with van der Waals surface area (Å²) in [6.07, 6.45) is 4.24. The highest BCUT2D eigenvalue weighted by molar-refractivity contribution is 5.99. The average Bonchev–Trinajstić information content (AvgIpc) is 2.79. The van der Waals surface area contributed by atoms with Crippen LogP contribution in [0.1, 0.15) is 38.7 Å². The van der Waals surface area contributed by atoms with Crippen LogP contribution in [0, 0.1) is 0 Å². The van der Waals surface area contributed by atoms with Crippen LogP contribution in [0.15, 0.2) is 24.3 Å². The molecular weight excluding hydrogens is 236 g/mol. The van der Waals surface area contributed by atoms with Crippen LogP contribution in [0.2, 0.25) is 0 Å². The van der Waals surface area contributed by atoms with E-state index < -0.39 is 0 Å². The van der Waals surface area contributed by atoms with Crippen molar-refractivity contribution in [2.45, 2.75) is 45.6 Å². The molecule has 1 saturated heterocycles. The summed E-state index contributed by atoms with van der Waals surface area (Å²) in [5.74, 6) is 0.219. The fourth-order valence-electron chi connectivity index (χ4n) is 2.58. The molecule has 1 aromatic carbocycles. The molecule has 2 rings (SSSR count). The molecule has 1 aliphatic rings. The van der Waals surface area contributed by atoms with Crippen LogP contribution >= 0.6 is 0 Å². The van der Waals surface area contributed by atoms with Crippen LogP contribution in [0.3, 0.4) is 0 Å². The molecule has 0 aliphatic carbocycles. The predicted molar refractivity (Wildman–Crippen MR) is 79.5 cm³/mol. The topological polar surface area (TPSA) is 32.3 Å². The summed E-state index contributed by atoms with van der Waals surface area (Å²) in [6, 6.07) is 8.43. The third kappa shape index (κ3) is 3.35. The minimum atomic E-state index is 0.00951. The maximum Gasteiger partial charge on any atom is 0.244 e. The van der Waals surface area contributed by atoms with E-state index in [1.54, 1.807) is 0 Å². The van der Waals surface area contributed by atoms with Gasteiger partial charge in [-0.15, -0.1) is 0 Å². The van der Waals surface area contributed by atoms with E-state index in [4.69, 9.17) is 0 Å². The van der Waals surface area contributed by atoms with Gasteiger partial charge in [0.2, 0.25) is 5.91 Å². The van der Waals surface area contributed by atoms with E-state index in [1.807, 2.05) is 4.90 Å². The molecule has 0 aromatic heterocycles. The van der Waals surface area contributed by atoms with Crippen LogP contribution < -0.4 is 10.2 Å². The first kappa shape index (κ1) is 14.1. The lowest BCUT2D eigenvalue weighted by Gasteiger charge is -2.17. The van der Waals surface area contributed by atoms with Crippen molar-refractivity contribution < 1.29 is 4.79 Å². The van der Waals surface area contributed by atoms with Gasteiger partial charge in [-0.1, -0.05) is 32.4 Å². The molecule has 1 aliphatic heterocycles. The maximum atomic E-state index is 12.3. The Hall–Kier alpha value is -1.35. The number of benzene rings is 1. The van der Waals surface area contributed by atoms with E-state index in [9.17, 15) is 4.79 Å². The number of carbonyl (C=O) groups excluding carboxylic acids is 1. The first-order valence-corrected chi connectivity index (χ1v) is 7.40. The lowest BCUT2D eigenvalue weighted by molar-refractivity contribution is -0.118. The first-order chi connectivity index (χ1) is 9.26. The zero-order valence-electron chi connectivity index (χ0n) is 12.0. The predicted octanol–water partition coefficient (Wildman–Crippen LogP) is 2.74. The molecule has 104 valence electrons. The van der Waals surface area contributed by atoms with Crippen LogP contribution in [0.25, 0.3) is 0 Å². The molecule has 0 spiro atoms. The molecule has 1 aromatic rings. The summed E-state index contributed by atoms with van der Waals surface area (Å²) in [5, 5.41) is 3.32. The molecule has 3 heteroatoms. The molecule has 1 amide bonds. The minimum absolute atomic E-state index is 0.00951. The Balaban J connectivity index is 2.00. The first-order valence-electron chi connectivity index (χ1n) is 7.40. The van der Waals surface area contributed by atoms with Crippen molar-refractivity contribution in [3.05, 3.63) is 29.8 Å². The number of anilines is 1. The van der Waals surface area contributed by atoms with Gasteiger partial charge < -0.3 is 10.2 Å². The average molecular weight is 260 g/mol. The number of carbonyl (C=O) groups is 1. The van der Waals surface area contributed by atoms with Crippen LogP contribution in [0.5, 0.6) is 0 Å². The summed E-state index contributed by atoms with van der Waals surface area (Å²) in [5.41, 5.74) is 2.38. The van der Waals surface area contributed by atoms with Crippen LogP contribution in [-0.2, 0) is 11.2 Å². The number of rotatable bonds is 6. The lowest BCUT2D eigenvalue weighted by atomic mass is 10.1. The quantitative estimate of drug-likeness (QED) is 0.853. The smallest absolute Gasteiger partial charge is 0.244 e. The molecule has 1 heterocycles. The standard InChI is InChI=1S/C16H24N2O/c1-3-5-13-6-8-14(9-7-13)18-12-10-15(16(18)19)17-11-4-2/h6-9,15,17H,3-5,10-12H2,1-2H3. The molecule has 1 unspecified atom stereocenters. The molecule has 19 heavy (non-hydrogen) atoms. The zero-order chi connectivity index (χ0) is 13.7. The van der Waals surface area contributed by atoms with Crippen molar-refractivity contribution in [1.29, 1.82) is 0 Å². The Morgan fingerprint density at radius 2 is 1.95 bits per heavy atom. The molecule has 0 saturated carbocycles. The van der Waals surface area contributed by atoms with Gasteiger partial charge in [-0.25, -0.2) is 0 Å². The normalized spacial score (nSPS) is 19.2. The van der Waals surface area contributed by atoms with Gasteiger partial charge >= 0.3 is 0 Å². The number of hydrogen-bond acceptors (Lipinski definition) is 2. The number of hydrogen-bond donors (Lipinski definition) is 1. The maximum absolute atomic E-state index is 12.3. The third-order valence-electron chi connectivity index (χ3n) is 3.63. The highest BCUT2D eigenvalue weighted by atomic mass is 16.2. The monoisotopic (exact) mass is 260 g/mol. The van der Waals surface area contributed by atoms with Gasteiger partial charge in [0.1, 0.15) is 0 Å². The summed E-state index contributed by atoms with van der Waals surface area (Å²) in [4.78, 5) is 14.2. The summed E-state index contributed by atoms with van der Waals surface area (Å²) in [7, 11) is 0. The van der Waals surface area contributed by atoms with Gasteiger partial charge in [0.15, 0.2) is 0 Å². The van der Waals surface area contributed by atoms with Gasteiger partial charge in [0.25, 0.3) is 0 Å². The number of nitrogens with one attached hydrogen (secondary N) is 1. The van der Waals surface area contributed by atoms with E-state index >= 15 is 0 Å². The molecule has 3 nitrogen and oxygen atoms in total. The Morgan fingerprint density at radius 3 is 2.58 bits per heavy atom. The Kier molecular flexibility index (Phi) is 4.97. The lowest BCUT2D eigenvalue weighted by Crippen LogP contribution is -2.38. The summed E-state index contributed by atoms with van der Waals surface area (Å²) >= 11 is 0. The highest BCUT2D eigenvalue weighted by Crippen LogP contribution is 2.22. The molecular formula is C16H24N2O. The van der Waals surface area contributed by atoms with Crippen molar-refractivity contribution in [2.75, 3.05) is 18.0 Å². The van der Waals surface area contributed by atoms with Crippen molar-refractivity contribution in [2.24, 2.45) is 0 Å². The van der Waals surface area contributed by atoms with Crippen molar-refractivity contribution in [3.63, 3.8) is 0 Å². The second kappa shape index (κ2) is 6.71. The number of nitrogens with zero attached hydrogens (tertiary/aromatic N) is 1. The van der Waals surface area contributed by atoms with Gasteiger partial charge in [0.05, 0.1) is 6.04 Å².